The second-order valence-electron chi connectivity index (χ2n) is 8.71. The molecule has 2 fully saturated rings. The van der Waals surface area contributed by atoms with E-state index in [1.165, 1.54) is 6.07 Å². The summed E-state index contributed by atoms with van der Waals surface area (Å²) in [5.41, 5.74) is 1.95. The number of H-pyrrole nitrogens is 1. The lowest BCUT2D eigenvalue weighted by Gasteiger charge is -2.29. The number of carbonyl (C=O) groups excluding carboxylic acids is 2. The third-order valence-electron chi connectivity index (χ3n) is 6.57. The Morgan fingerprint density at radius 1 is 1.06 bits per heavy atom. The van der Waals surface area contributed by atoms with Crippen LogP contribution in [0, 0.1) is 5.92 Å². The highest BCUT2D eigenvalue weighted by atomic mass is 16.3. The van der Waals surface area contributed by atoms with E-state index in [4.69, 9.17) is 0 Å². The number of nitrogens with one attached hydrogen (secondary N) is 2. The Kier molecular flexibility index (Phi) is 5.42. The van der Waals surface area contributed by atoms with Crippen LogP contribution < -0.4 is 10.9 Å². The molecular formula is C25H24N4O4. The molecule has 3 atom stereocenters. The van der Waals surface area contributed by atoms with Crippen molar-refractivity contribution in [3.05, 3.63) is 82.5 Å². The second kappa shape index (κ2) is 8.54. The summed E-state index contributed by atoms with van der Waals surface area (Å²) in [5, 5.41) is 12.6. The largest absolute Gasteiger partial charge is 0.508 e. The minimum atomic E-state index is -0.534. The molecule has 0 spiro atoms. The summed E-state index contributed by atoms with van der Waals surface area (Å²) >= 11 is 0. The first-order valence-corrected chi connectivity index (χ1v) is 11.0. The van der Waals surface area contributed by atoms with Gasteiger partial charge in [-0.1, -0.05) is 30.3 Å². The van der Waals surface area contributed by atoms with Gasteiger partial charge in [0.05, 0.1) is 5.56 Å². The van der Waals surface area contributed by atoms with Gasteiger partial charge >= 0.3 is 0 Å². The maximum absolute atomic E-state index is 13.3. The molecule has 2 amide bonds. The number of aromatic amines is 1. The summed E-state index contributed by atoms with van der Waals surface area (Å²) in [6.45, 7) is 0.556. The van der Waals surface area contributed by atoms with E-state index in [9.17, 15) is 19.5 Å². The number of nitrogens with zero attached hydrogens (tertiary/aromatic N) is 2. The number of aromatic hydroxyl groups is 1. The highest BCUT2D eigenvalue weighted by Gasteiger charge is 2.43. The number of aromatic nitrogens is 2. The number of benzene rings is 1. The third kappa shape index (κ3) is 4.24. The van der Waals surface area contributed by atoms with Crippen LogP contribution in [0.2, 0.25) is 0 Å². The van der Waals surface area contributed by atoms with Gasteiger partial charge in [-0.2, -0.15) is 0 Å². The molecule has 3 aromatic rings. The predicted octanol–water partition coefficient (Wildman–Crippen LogP) is 2.57. The molecule has 3 N–H and O–H groups in total. The summed E-state index contributed by atoms with van der Waals surface area (Å²) in [7, 11) is 0. The van der Waals surface area contributed by atoms with Gasteiger partial charge in [-0.3, -0.25) is 19.4 Å². The Labute approximate surface area is 190 Å². The van der Waals surface area contributed by atoms with Gasteiger partial charge in [0.1, 0.15) is 11.4 Å². The minimum absolute atomic E-state index is 0.0249. The van der Waals surface area contributed by atoms with Gasteiger partial charge in [0, 0.05) is 48.7 Å². The highest BCUT2D eigenvalue weighted by Crippen LogP contribution is 2.37. The van der Waals surface area contributed by atoms with Gasteiger partial charge in [-0.05, 0) is 36.8 Å². The van der Waals surface area contributed by atoms with E-state index < -0.39 is 11.5 Å². The smallest absolute Gasteiger partial charge is 0.268 e. The monoisotopic (exact) mass is 444 g/mol. The topological polar surface area (TPSA) is 115 Å². The zero-order valence-corrected chi connectivity index (χ0v) is 17.9. The molecule has 1 aliphatic heterocycles. The molecule has 1 aliphatic carbocycles. The van der Waals surface area contributed by atoms with Crippen molar-refractivity contribution in [3.8, 4) is 16.9 Å². The summed E-state index contributed by atoms with van der Waals surface area (Å²) < 4.78 is 0. The fraction of sp³-hybridized carbons (Fsp3) is 0.280. The molecule has 1 saturated heterocycles. The molecule has 2 aromatic heterocycles. The zero-order chi connectivity index (χ0) is 22.9. The predicted molar refractivity (Wildman–Crippen MR) is 122 cm³/mol. The van der Waals surface area contributed by atoms with E-state index in [2.05, 4.69) is 15.3 Å². The summed E-state index contributed by atoms with van der Waals surface area (Å²) in [6, 6.07) is 14.0. The van der Waals surface area contributed by atoms with Crippen molar-refractivity contribution in [1.29, 1.82) is 0 Å². The van der Waals surface area contributed by atoms with Crippen molar-refractivity contribution in [2.45, 2.75) is 31.3 Å². The van der Waals surface area contributed by atoms with Crippen LogP contribution in [0.4, 0.5) is 0 Å². The highest BCUT2D eigenvalue weighted by molar-refractivity contribution is 5.95. The van der Waals surface area contributed by atoms with Crippen LogP contribution >= 0.6 is 0 Å². The Bertz CT molecular complexity index is 1260. The standard InChI is InChI=1S/C25H24N4O4/c30-20-10-22(27-23(31)11-20)24(32)28-21-7-6-19-9-18(21)14-29(19)25(33)17-8-16(12-26-13-17)15-4-2-1-3-5-15/h1-5,8,10-13,18-19,21H,6-7,9,14H2,(H,28,32)(H2,27,30,31). The second-order valence-corrected chi connectivity index (χ2v) is 8.71. The fourth-order valence-electron chi connectivity index (χ4n) is 4.97. The van der Waals surface area contributed by atoms with Crippen LogP contribution in [0.15, 0.2) is 65.7 Å². The Hall–Kier alpha value is -3.94. The Balaban J connectivity index is 1.29. The molecule has 3 heterocycles. The lowest BCUT2D eigenvalue weighted by atomic mass is 9.85. The van der Waals surface area contributed by atoms with Crippen LogP contribution in [0.3, 0.4) is 0 Å². The van der Waals surface area contributed by atoms with Crippen molar-refractivity contribution < 1.29 is 14.7 Å². The number of fused-ring (bicyclic) bond motifs is 2. The van der Waals surface area contributed by atoms with E-state index in [1.54, 1.807) is 12.4 Å². The lowest BCUT2D eigenvalue weighted by molar-refractivity contribution is 0.0732. The van der Waals surface area contributed by atoms with E-state index in [0.717, 1.165) is 36.5 Å². The van der Waals surface area contributed by atoms with Crippen molar-refractivity contribution in [2.75, 3.05) is 6.54 Å². The molecule has 0 radical (unpaired) electrons. The molecule has 3 unspecified atom stereocenters. The van der Waals surface area contributed by atoms with E-state index in [-0.39, 0.29) is 35.4 Å². The maximum atomic E-state index is 13.3. The summed E-state index contributed by atoms with van der Waals surface area (Å²) in [4.78, 5) is 46.1. The third-order valence-corrected chi connectivity index (χ3v) is 6.57. The van der Waals surface area contributed by atoms with Gasteiger partial charge in [-0.15, -0.1) is 0 Å². The van der Waals surface area contributed by atoms with Crippen molar-refractivity contribution >= 4 is 11.8 Å². The molecule has 2 aliphatic rings. The number of amides is 2. The molecule has 2 bridgehead atoms. The van der Waals surface area contributed by atoms with E-state index >= 15 is 0 Å². The SMILES string of the molecule is O=C(NC1CCC2CC1CN2C(=O)c1cncc(-c2ccccc2)c1)c1cc(O)cc(=O)[nH]1. The number of pyridine rings is 2. The van der Waals surface area contributed by atoms with Gasteiger partial charge in [0.2, 0.25) is 0 Å². The maximum Gasteiger partial charge on any atom is 0.268 e. The first-order chi connectivity index (χ1) is 16.0. The van der Waals surface area contributed by atoms with Crippen molar-refractivity contribution in [3.63, 3.8) is 0 Å². The summed E-state index contributed by atoms with van der Waals surface area (Å²) in [5.74, 6) is -0.601. The van der Waals surface area contributed by atoms with Crippen LogP contribution in [0.1, 0.15) is 40.1 Å². The van der Waals surface area contributed by atoms with Crippen LogP contribution in [-0.2, 0) is 0 Å². The Morgan fingerprint density at radius 2 is 1.88 bits per heavy atom. The van der Waals surface area contributed by atoms with Gasteiger partial charge in [-0.25, -0.2) is 0 Å². The average molecular weight is 444 g/mol. The number of rotatable bonds is 4. The zero-order valence-electron chi connectivity index (χ0n) is 17.9. The van der Waals surface area contributed by atoms with E-state index in [0.29, 0.717) is 12.1 Å². The average Bonchev–Trinajstić information content (AvgIpc) is 3.18. The Morgan fingerprint density at radius 3 is 2.67 bits per heavy atom. The van der Waals surface area contributed by atoms with Crippen molar-refractivity contribution in [2.24, 2.45) is 5.92 Å². The quantitative estimate of drug-likeness (QED) is 0.572. The van der Waals surface area contributed by atoms with Gasteiger partial charge < -0.3 is 20.3 Å². The molecule has 1 saturated carbocycles. The molecule has 8 nitrogen and oxygen atoms in total. The van der Waals surface area contributed by atoms with Crippen LogP contribution in [-0.4, -0.2) is 50.4 Å². The summed E-state index contributed by atoms with van der Waals surface area (Å²) in [6.07, 6.45) is 5.71. The van der Waals surface area contributed by atoms with Crippen LogP contribution in [0.5, 0.6) is 5.75 Å². The number of hydrogen-bond acceptors (Lipinski definition) is 5. The van der Waals surface area contributed by atoms with E-state index in [1.807, 2.05) is 41.3 Å². The van der Waals surface area contributed by atoms with Gasteiger partial charge in [0.15, 0.2) is 0 Å². The van der Waals surface area contributed by atoms with Crippen molar-refractivity contribution in [1.82, 2.24) is 20.2 Å². The molecular weight excluding hydrogens is 420 g/mol. The number of hydrogen-bond donors (Lipinski definition) is 3. The molecule has 33 heavy (non-hydrogen) atoms. The molecule has 5 rings (SSSR count). The minimum Gasteiger partial charge on any atom is -0.508 e. The molecule has 1 aromatic carbocycles. The normalized spacial score (nSPS) is 21.6. The molecule has 168 valence electrons. The first kappa shape index (κ1) is 20.9. The molecule has 8 heteroatoms. The number of carbonyl (C=O) groups is 2. The van der Waals surface area contributed by atoms with Crippen LogP contribution in [0.25, 0.3) is 11.1 Å². The lowest BCUT2D eigenvalue weighted by Crippen LogP contribution is -2.43. The number of likely N-dealkylation sites (tertiary alicyclic amines) is 1. The first-order valence-electron chi connectivity index (χ1n) is 11.0. The fourth-order valence-corrected chi connectivity index (χ4v) is 4.97. The van der Waals surface area contributed by atoms with Gasteiger partial charge in [0.25, 0.3) is 17.4 Å².